The van der Waals surface area contributed by atoms with Gasteiger partial charge in [-0.15, -0.1) is 0 Å². The van der Waals surface area contributed by atoms with Crippen LogP contribution < -0.4 is 4.72 Å². The summed E-state index contributed by atoms with van der Waals surface area (Å²) in [4.78, 5) is 18.9. The van der Waals surface area contributed by atoms with Gasteiger partial charge in [0.05, 0.1) is 21.5 Å². The topological polar surface area (TPSA) is 112 Å². The molecule has 4 rings (SSSR count). The summed E-state index contributed by atoms with van der Waals surface area (Å²) in [5.74, 6) is -0.335. The second-order valence-electron chi connectivity index (χ2n) is 6.82. The Balaban J connectivity index is 1.66. The molecule has 0 unspecified atom stereocenters. The Labute approximate surface area is 179 Å². The molecule has 0 aliphatic carbocycles. The summed E-state index contributed by atoms with van der Waals surface area (Å²) in [6.45, 7) is 0. The van der Waals surface area contributed by atoms with Crippen molar-refractivity contribution in [3.8, 4) is 11.1 Å². The monoisotopic (exact) mass is 433 g/mol. The van der Waals surface area contributed by atoms with E-state index < -0.39 is 16.0 Å². The second kappa shape index (κ2) is 8.17. The fourth-order valence-electron chi connectivity index (χ4n) is 3.23. The molecule has 3 N–H and O–H groups in total. The Morgan fingerprint density at radius 3 is 2.48 bits per heavy atom. The molecule has 0 bridgehead atoms. The molecule has 31 heavy (non-hydrogen) atoms. The molecule has 0 aliphatic heterocycles. The van der Waals surface area contributed by atoms with Gasteiger partial charge in [-0.3, -0.25) is 0 Å². The van der Waals surface area contributed by atoms with Gasteiger partial charge in [-0.2, -0.15) is 0 Å². The standard InChI is InChI=1S/C23H19N3O4S/c1-24-31(29,30)21-5-3-2-4-18(21)17-11-12-19-20(14-17)26-22(25-19)13-8-15-6-9-16(10-7-15)23(27)28/h2-14,24H,1H3,(H,25,26)(H,27,28). The molecule has 0 radical (unpaired) electrons. The van der Waals surface area contributed by atoms with Crippen LogP contribution in [0.15, 0.2) is 71.6 Å². The van der Waals surface area contributed by atoms with Gasteiger partial charge in [-0.05, 0) is 54.6 Å². The number of benzene rings is 3. The van der Waals surface area contributed by atoms with Crippen LogP contribution in [0.25, 0.3) is 34.3 Å². The van der Waals surface area contributed by atoms with Crippen molar-refractivity contribution in [2.45, 2.75) is 4.90 Å². The molecule has 1 aromatic heterocycles. The van der Waals surface area contributed by atoms with Crippen LogP contribution in [0.1, 0.15) is 21.7 Å². The van der Waals surface area contributed by atoms with E-state index in [1.807, 2.05) is 24.3 Å². The first-order chi connectivity index (χ1) is 14.9. The van der Waals surface area contributed by atoms with Crippen molar-refractivity contribution < 1.29 is 18.3 Å². The zero-order chi connectivity index (χ0) is 22.0. The first-order valence-electron chi connectivity index (χ1n) is 9.41. The molecule has 0 aliphatic rings. The highest BCUT2D eigenvalue weighted by Gasteiger charge is 2.17. The van der Waals surface area contributed by atoms with Gasteiger partial charge in [0.1, 0.15) is 5.82 Å². The lowest BCUT2D eigenvalue weighted by molar-refractivity contribution is 0.0697. The average Bonchev–Trinajstić information content (AvgIpc) is 3.20. The van der Waals surface area contributed by atoms with Gasteiger partial charge in [-0.1, -0.05) is 42.5 Å². The summed E-state index contributed by atoms with van der Waals surface area (Å²) < 4.78 is 27.1. The highest BCUT2D eigenvalue weighted by Crippen LogP contribution is 2.29. The summed E-state index contributed by atoms with van der Waals surface area (Å²) in [6.07, 6.45) is 3.63. The molecule has 3 aromatic carbocycles. The van der Waals surface area contributed by atoms with E-state index >= 15 is 0 Å². The number of fused-ring (bicyclic) bond motifs is 1. The number of hydrogen-bond donors (Lipinski definition) is 3. The van der Waals surface area contributed by atoms with Crippen molar-refractivity contribution in [2.24, 2.45) is 0 Å². The van der Waals surface area contributed by atoms with Crippen molar-refractivity contribution >= 4 is 39.2 Å². The number of H-pyrrole nitrogens is 1. The van der Waals surface area contributed by atoms with Crippen molar-refractivity contribution in [1.29, 1.82) is 0 Å². The summed E-state index contributed by atoms with van der Waals surface area (Å²) in [5.41, 5.74) is 3.94. The minimum absolute atomic E-state index is 0.206. The Bertz CT molecular complexity index is 1400. The van der Waals surface area contributed by atoms with E-state index in [1.165, 1.54) is 7.05 Å². The highest BCUT2D eigenvalue weighted by atomic mass is 32.2. The summed E-state index contributed by atoms with van der Waals surface area (Å²) in [7, 11) is -2.21. The number of aromatic nitrogens is 2. The third-order valence-corrected chi connectivity index (χ3v) is 6.32. The maximum atomic E-state index is 12.4. The molecule has 0 fully saturated rings. The number of aromatic amines is 1. The number of rotatable bonds is 6. The molecule has 7 nitrogen and oxygen atoms in total. The number of nitrogens with zero attached hydrogens (tertiary/aromatic N) is 1. The number of carboxylic acid groups (broad SMARTS) is 1. The summed E-state index contributed by atoms with van der Waals surface area (Å²) >= 11 is 0. The zero-order valence-electron chi connectivity index (χ0n) is 16.5. The van der Waals surface area contributed by atoms with Crippen LogP contribution in [0.4, 0.5) is 0 Å². The Kier molecular flexibility index (Phi) is 5.41. The molecule has 1 heterocycles. The van der Waals surface area contributed by atoms with Crippen molar-refractivity contribution in [1.82, 2.24) is 14.7 Å². The number of carbonyl (C=O) groups is 1. The van der Waals surface area contributed by atoms with E-state index in [0.717, 1.165) is 16.6 Å². The average molecular weight is 433 g/mol. The van der Waals surface area contributed by atoms with Crippen LogP contribution in [0, 0.1) is 0 Å². The molecule has 0 amide bonds. The fourth-order valence-corrected chi connectivity index (χ4v) is 4.19. The van der Waals surface area contributed by atoms with Gasteiger partial charge in [0.25, 0.3) is 0 Å². The minimum atomic E-state index is -3.60. The van der Waals surface area contributed by atoms with Crippen molar-refractivity contribution in [3.05, 3.63) is 83.7 Å². The van der Waals surface area contributed by atoms with Gasteiger partial charge in [0, 0.05) is 5.56 Å². The smallest absolute Gasteiger partial charge is 0.335 e. The van der Waals surface area contributed by atoms with Gasteiger partial charge in [0.2, 0.25) is 10.0 Å². The van der Waals surface area contributed by atoms with E-state index in [4.69, 9.17) is 5.11 Å². The Hall–Kier alpha value is -3.75. The van der Waals surface area contributed by atoms with Crippen LogP contribution in [-0.4, -0.2) is 36.5 Å². The molecule has 4 aromatic rings. The Morgan fingerprint density at radius 1 is 1.03 bits per heavy atom. The number of imidazole rings is 1. The zero-order valence-corrected chi connectivity index (χ0v) is 17.3. The Morgan fingerprint density at radius 2 is 1.77 bits per heavy atom. The molecule has 0 saturated heterocycles. The largest absolute Gasteiger partial charge is 0.478 e. The third kappa shape index (κ3) is 4.25. The predicted octanol–water partition coefficient (Wildman–Crippen LogP) is 4.01. The quantitative estimate of drug-likeness (QED) is 0.425. The highest BCUT2D eigenvalue weighted by molar-refractivity contribution is 7.89. The lowest BCUT2D eigenvalue weighted by Crippen LogP contribution is -2.19. The molecule has 8 heteroatoms. The van der Waals surface area contributed by atoms with Gasteiger partial charge in [0.15, 0.2) is 0 Å². The van der Waals surface area contributed by atoms with Gasteiger partial charge < -0.3 is 10.1 Å². The summed E-state index contributed by atoms with van der Waals surface area (Å²) in [6, 6.07) is 18.9. The van der Waals surface area contributed by atoms with Gasteiger partial charge in [-0.25, -0.2) is 22.9 Å². The van der Waals surface area contributed by atoms with E-state index in [1.54, 1.807) is 54.6 Å². The maximum absolute atomic E-state index is 12.4. The number of hydrogen-bond acceptors (Lipinski definition) is 4. The van der Waals surface area contributed by atoms with Crippen molar-refractivity contribution in [2.75, 3.05) is 7.05 Å². The van der Waals surface area contributed by atoms with Crippen LogP contribution in [0.2, 0.25) is 0 Å². The first-order valence-corrected chi connectivity index (χ1v) is 10.9. The molecule has 156 valence electrons. The number of aromatic carboxylic acids is 1. The van der Waals surface area contributed by atoms with Crippen molar-refractivity contribution in [3.63, 3.8) is 0 Å². The van der Waals surface area contributed by atoms with Crippen LogP contribution in [0.5, 0.6) is 0 Å². The molecule has 0 saturated carbocycles. The minimum Gasteiger partial charge on any atom is -0.478 e. The third-order valence-electron chi connectivity index (χ3n) is 4.85. The first kappa shape index (κ1) is 20.5. The maximum Gasteiger partial charge on any atom is 0.335 e. The normalized spacial score (nSPS) is 11.9. The van der Waals surface area contributed by atoms with E-state index in [-0.39, 0.29) is 10.5 Å². The van der Waals surface area contributed by atoms with Crippen LogP contribution in [-0.2, 0) is 10.0 Å². The predicted molar refractivity (Wildman–Crippen MR) is 120 cm³/mol. The molecular weight excluding hydrogens is 414 g/mol. The molecular formula is C23H19N3O4S. The van der Waals surface area contributed by atoms with Gasteiger partial charge >= 0.3 is 5.97 Å². The van der Waals surface area contributed by atoms with E-state index in [2.05, 4.69) is 14.7 Å². The molecule has 0 atom stereocenters. The number of carboxylic acids is 1. The number of sulfonamides is 1. The van der Waals surface area contributed by atoms with E-state index in [9.17, 15) is 13.2 Å². The second-order valence-corrected chi connectivity index (χ2v) is 8.67. The van der Waals surface area contributed by atoms with Crippen LogP contribution >= 0.6 is 0 Å². The van der Waals surface area contributed by atoms with E-state index in [0.29, 0.717) is 16.9 Å². The number of nitrogens with one attached hydrogen (secondary N) is 2. The molecule has 0 spiro atoms. The summed E-state index contributed by atoms with van der Waals surface area (Å²) in [5, 5.41) is 8.97. The lowest BCUT2D eigenvalue weighted by atomic mass is 10.1. The van der Waals surface area contributed by atoms with Crippen LogP contribution in [0.3, 0.4) is 0 Å². The fraction of sp³-hybridized carbons (Fsp3) is 0.0435. The lowest BCUT2D eigenvalue weighted by Gasteiger charge is -2.09. The SMILES string of the molecule is CNS(=O)(=O)c1ccccc1-c1ccc2[nH]c(C=Cc3ccc(C(=O)O)cc3)nc2c1.